The van der Waals surface area contributed by atoms with Gasteiger partial charge in [-0.05, 0) is 30.7 Å². The monoisotopic (exact) mass is 369 g/mol. The molecule has 0 aliphatic rings. The van der Waals surface area contributed by atoms with Crippen LogP contribution >= 0.6 is 15.9 Å². The van der Waals surface area contributed by atoms with Crippen LogP contribution in [0.1, 0.15) is 25.3 Å². The zero-order valence-corrected chi connectivity index (χ0v) is 14.3. The summed E-state index contributed by atoms with van der Waals surface area (Å²) in [6.45, 7) is 2.35. The van der Waals surface area contributed by atoms with Crippen LogP contribution in [0.25, 0.3) is 6.08 Å². The van der Waals surface area contributed by atoms with Crippen molar-refractivity contribution in [3.8, 4) is 5.75 Å². The Balaban J connectivity index is 2.48. The first-order chi connectivity index (χ1) is 10.6. The third kappa shape index (κ3) is 6.76. The quantitative estimate of drug-likeness (QED) is 0.434. The lowest BCUT2D eigenvalue weighted by molar-refractivity contribution is -0.143. The number of esters is 1. The van der Waals surface area contributed by atoms with Crippen molar-refractivity contribution in [2.24, 2.45) is 0 Å². The van der Waals surface area contributed by atoms with Crippen molar-refractivity contribution >= 4 is 33.9 Å². The van der Waals surface area contributed by atoms with E-state index in [0.29, 0.717) is 12.3 Å². The summed E-state index contributed by atoms with van der Waals surface area (Å²) >= 11 is 3.35. The van der Waals surface area contributed by atoms with Gasteiger partial charge in [-0.15, -0.1) is 0 Å². The van der Waals surface area contributed by atoms with Crippen LogP contribution in [-0.4, -0.2) is 32.1 Å². The van der Waals surface area contributed by atoms with Crippen LogP contribution in [0.5, 0.6) is 5.75 Å². The van der Waals surface area contributed by atoms with Crippen molar-refractivity contribution in [1.82, 2.24) is 5.32 Å². The Morgan fingerprint density at radius 1 is 1.36 bits per heavy atom. The molecule has 0 fully saturated rings. The average Bonchev–Trinajstić information content (AvgIpc) is 2.51. The van der Waals surface area contributed by atoms with Gasteiger partial charge in [-0.2, -0.15) is 0 Å². The van der Waals surface area contributed by atoms with Crippen molar-refractivity contribution in [2.45, 2.75) is 19.8 Å². The number of carbonyl (C=O) groups excluding carboxylic acids is 2. The highest BCUT2D eigenvalue weighted by Gasteiger charge is 2.05. The van der Waals surface area contributed by atoms with Crippen LogP contribution < -0.4 is 10.1 Å². The van der Waals surface area contributed by atoms with E-state index in [0.717, 1.165) is 22.9 Å². The number of unbranched alkanes of at least 4 members (excludes halogenated alkanes) is 1. The van der Waals surface area contributed by atoms with Gasteiger partial charge in [-0.1, -0.05) is 29.3 Å². The number of halogens is 1. The highest BCUT2D eigenvalue weighted by atomic mass is 79.9. The molecule has 0 atom stereocenters. The summed E-state index contributed by atoms with van der Waals surface area (Å²) in [6.07, 6.45) is 4.75. The molecular formula is C16H20BrNO4. The van der Waals surface area contributed by atoms with E-state index in [1.165, 1.54) is 6.08 Å². The minimum atomic E-state index is -0.576. The molecule has 0 aromatic heterocycles. The number of rotatable bonds is 8. The first-order valence-corrected chi connectivity index (χ1v) is 7.81. The van der Waals surface area contributed by atoms with E-state index in [1.807, 2.05) is 19.1 Å². The average molecular weight is 370 g/mol. The Morgan fingerprint density at radius 2 is 2.14 bits per heavy atom. The lowest BCUT2D eigenvalue weighted by Gasteiger charge is -2.05. The second-order valence-electron chi connectivity index (χ2n) is 4.53. The maximum absolute atomic E-state index is 11.6. The van der Waals surface area contributed by atoms with Crippen molar-refractivity contribution < 1.29 is 19.1 Å². The highest BCUT2D eigenvalue weighted by Crippen LogP contribution is 2.24. The molecule has 1 aromatic carbocycles. The zero-order valence-electron chi connectivity index (χ0n) is 12.7. The van der Waals surface area contributed by atoms with Crippen molar-refractivity contribution in [3.05, 3.63) is 34.3 Å². The lowest BCUT2D eigenvalue weighted by atomic mass is 10.2. The Hall–Kier alpha value is -1.82. The number of ether oxygens (including phenoxy) is 2. The van der Waals surface area contributed by atoms with Crippen LogP contribution in [-0.2, 0) is 14.3 Å². The minimum absolute atomic E-state index is 0.275. The van der Waals surface area contributed by atoms with Crippen molar-refractivity contribution in [1.29, 1.82) is 0 Å². The summed E-state index contributed by atoms with van der Waals surface area (Å²) in [5, 5.41) is 2.67. The molecule has 0 saturated heterocycles. The van der Waals surface area contributed by atoms with E-state index < -0.39 is 5.97 Å². The Bertz CT molecular complexity index is 543. The van der Waals surface area contributed by atoms with Gasteiger partial charge < -0.3 is 14.8 Å². The fraction of sp³-hybridized carbons (Fsp3) is 0.375. The van der Waals surface area contributed by atoms with Crippen LogP contribution in [0.3, 0.4) is 0 Å². The van der Waals surface area contributed by atoms with Gasteiger partial charge in [0, 0.05) is 22.7 Å². The fourth-order valence-electron chi connectivity index (χ4n) is 1.63. The summed E-state index contributed by atoms with van der Waals surface area (Å²) < 4.78 is 10.9. The molecule has 0 aliphatic carbocycles. The predicted octanol–water partition coefficient (Wildman–Crippen LogP) is 2.93. The summed E-state index contributed by atoms with van der Waals surface area (Å²) in [7, 11) is 1.56. The highest BCUT2D eigenvalue weighted by molar-refractivity contribution is 9.10. The molecule has 5 nitrogen and oxygen atoms in total. The van der Waals surface area contributed by atoms with E-state index in [4.69, 9.17) is 9.47 Å². The number of benzene rings is 1. The Morgan fingerprint density at radius 3 is 2.82 bits per heavy atom. The third-order valence-electron chi connectivity index (χ3n) is 2.79. The molecule has 0 saturated carbocycles. The Kier molecular flexibility index (Phi) is 8.28. The van der Waals surface area contributed by atoms with Crippen LogP contribution in [0, 0.1) is 0 Å². The fourth-order valence-corrected chi connectivity index (χ4v) is 2.01. The van der Waals surface area contributed by atoms with Gasteiger partial charge >= 0.3 is 5.97 Å². The standard InChI is InChI=1S/C16H20BrNO4/c1-3-4-9-18-15(19)11-22-16(20)8-5-12-10-13(17)6-7-14(12)21-2/h5-8,10H,3-4,9,11H2,1-2H3,(H,18,19)/b8-5+. The Labute approximate surface area is 138 Å². The maximum Gasteiger partial charge on any atom is 0.331 e. The number of hydrogen-bond acceptors (Lipinski definition) is 4. The molecule has 1 aromatic rings. The molecule has 0 aliphatic heterocycles. The summed E-state index contributed by atoms with van der Waals surface area (Å²) in [6, 6.07) is 5.45. The molecule has 0 spiro atoms. The third-order valence-corrected chi connectivity index (χ3v) is 3.28. The van der Waals surface area contributed by atoms with Gasteiger partial charge in [-0.25, -0.2) is 4.79 Å². The molecule has 1 amide bonds. The SMILES string of the molecule is CCCCNC(=O)COC(=O)/C=C/c1cc(Br)ccc1OC. The zero-order chi connectivity index (χ0) is 16.4. The summed E-state index contributed by atoms with van der Waals surface area (Å²) in [5.74, 6) is -0.229. The molecule has 1 rings (SSSR count). The van der Waals surface area contributed by atoms with Crippen LogP contribution in [0.4, 0.5) is 0 Å². The molecule has 0 heterocycles. The molecule has 22 heavy (non-hydrogen) atoms. The summed E-state index contributed by atoms with van der Waals surface area (Å²) in [5.41, 5.74) is 0.737. The molecule has 1 N–H and O–H groups in total. The minimum Gasteiger partial charge on any atom is -0.496 e. The number of nitrogens with one attached hydrogen (secondary N) is 1. The number of carbonyl (C=O) groups is 2. The maximum atomic E-state index is 11.6. The first kappa shape index (κ1) is 18.2. The van der Waals surface area contributed by atoms with Crippen molar-refractivity contribution in [2.75, 3.05) is 20.3 Å². The van der Waals surface area contributed by atoms with E-state index >= 15 is 0 Å². The van der Waals surface area contributed by atoms with Gasteiger partial charge in [0.05, 0.1) is 7.11 Å². The summed E-state index contributed by atoms with van der Waals surface area (Å²) in [4.78, 5) is 23.0. The topological polar surface area (TPSA) is 64.6 Å². The van der Waals surface area contributed by atoms with E-state index in [2.05, 4.69) is 21.2 Å². The number of methoxy groups -OCH3 is 1. The first-order valence-electron chi connectivity index (χ1n) is 7.02. The predicted molar refractivity (Wildman–Crippen MR) is 88.6 cm³/mol. The van der Waals surface area contributed by atoms with Gasteiger partial charge in [-0.3, -0.25) is 4.79 Å². The number of amides is 1. The molecule has 0 bridgehead atoms. The smallest absolute Gasteiger partial charge is 0.331 e. The number of hydrogen-bond donors (Lipinski definition) is 1. The normalized spacial score (nSPS) is 10.5. The van der Waals surface area contributed by atoms with Gasteiger partial charge in [0.1, 0.15) is 5.75 Å². The molecule has 120 valence electrons. The molecule has 6 heteroatoms. The van der Waals surface area contributed by atoms with E-state index in [-0.39, 0.29) is 12.5 Å². The molecule has 0 radical (unpaired) electrons. The second-order valence-corrected chi connectivity index (χ2v) is 5.45. The van der Waals surface area contributed by atoms with Gasteiger partial charge in [0.15, 0.2) is 6.61 Å². The second kappa shape index (κ2) is 10.00. The van der Waals surface area contributed by atoms with Gasteiger partial charge in [0.25, 0.3) is 5.91 Å². The van der Waals surface area contributed by atoms with Crippen molar-refractivity contribution in [3.63, 3.8) is 0 Å². The van der Waals surface area contributed by atoms with Gasteiger partial charge in [0.2, 0.25) is 0 Å². The van der Waals surface area contributed by atoms with Crippen LogP contribution in [0.2, 0.25) is 0 Å². The van der Waals surface area contributed by atoms with E-state index in [9.17, 15) is 9.59 Å². The largest absolute Gasteiger partial charge is 0.496 e. The van der Waals surface area contributed by atoms with E-state index in [1.54, 1.807) is 19.3 Å². The molecule has 0 unspecified atom stereocenters. The van der Waals surface area contributed by atoms with Crippen LogP contribution in [0.15, 0.2) is 28.7 Å². The lowest BCUT2D eigenvalue weighted by Crippen LogP contribution is -2.29. The molecular weight excluding hydrogens is 350 g/mol.